The first-order chi connectivity index (χ1) is 9.11. The van der Waals surface area contributed by atoms with Gasteiger partial charge in [-0.15, -0.1) is 0 Å². The fourth-order valence-corrected chi connectivity index (χ4v) is 2.15. The quantitative estimate of drug-likeness (QED) is 0.835. The maximum absolute atomic E-state index is 12.2. The molecule has 102 valence electrons. The van der Waals surface area contributed by atoms with Gasteiger partial charge < -0.3 is 15.1 Å². The van der Waals surface area contributed by atoms with Crippen molar-refractivity contribution in [2.75, 3.05) is 19.7 Å². The topological polar surface area (TPSA) is 90.7 Å². The van der Waals surface area contributed by atoms with Crippen LogP contribution in [0.3, 0.4) is 0 Å². The number of hydrogen-bond acceptors (Lipinski definition) is 4. The van der Waals surface area contributed by atoms with Gasteiger partial charge in [-0.25, -0.2) is 9.78 Å². The molecule has 1 saturated heterocycles. The fourth-order valence-electron chi connectivity index (χ4n) is 2.15. The third-order valence-electron chi connectivity index (χ3n) is 3.35. The molecule has 1 amide bonds. The predicted molar refractivity (Wildman–Crippen MR) is 66.9 cm³/mol. The van der Waals surface area contributed by atoms with E-state index in [1.807, 2.05) is 0 Å². The van der Waals surface area contributed by atoms with Gasteiger partial charge in [-0.2, -0.15) is 0 Å². The van der Waals surface area contributed by atoms with Crippen molar-refractivity contribution < 1.29 is 19.8 Å². The number of aromatic nitrogens is 1. The van der Waals surface area contributed by atoms with Gasteiger partial charge in [0.15, 0.2) is 0 Å². The Balaban J connectivity index is 2.08. The van der Waals surface area contributed by atoms with Crippen molar-refractivity contribution in [2.24, 2.45) is 5.92 Å². The van der Waals surface area contributed by atoms with Gasteiger partial charge in [-0.1, -0.05) is 6.07 Å². The number of nitrogens with zero attached hydrogens (tertiary/aromatic N) is 2. The van der Waals surface area contributed by atoms with Crippen LogP contribution in [0.5, 0.6) is 0 Å². The largest absolute Gasteiger partial charge is 0.477 e. The average Bonchev–Trinajstić information content (AvgIpc) is 2.46. The van der Waals surface area contributed by atoms with E-state index in [4.69, 9.17) is 10.2 Å². The smallest absolute Gasteiger partial charge is 0.354 e. The second-order valence-corrected chi connectivity index (χ2v) is 4.63. The van der Waals surface area contributed by atoms with E-state index in [1.165, 1.54) is 18.2 Å². The van der Waals surface area contributed by atoms with Gasteiger partial charge in [0, 0.05) is 19.7 Å². The number of likely N-dealkylation sites (tertiary alicyclic amines) is 1. The van der Waals surface area contributed by atoms with Crippen LogP contribution >= 0.6 is 0 Å². The molecule has 0 aromatic carbocycles. The van der Waals surface area contributed by atoms with Crippen LogP contribution in [0.25, 0.3) is 0 Å². The first-order valence-electron chi connectivity index (χ1n) is 6.22. The van der Waals surface area contributed by atoms with Crippen molar-refractivity contribution >= 4 is 11.9 Å². The Morgan fingerprint density at radius 1 is 1.26 bits per heavy atom. The molecule has 1 aliphatic heterocycles. The summed E-state index contributed by atoms with van der Waals surface area (Å²) >= 11 is 0. The molecule has 6 heteroatoms. The summed E-state index contributed by atoms with van der Waals surface area (Å²) in [4.78, 5) is 28.5. The SMILES string of the molecule is O=C(O)c1cccc(C(=O)N2CCC(CO)CC2)n1. The summed E-state index contributed by atoms with van der Waals surface area (Å²) in [7, 11) is 0. The van der Waals surface area contributed by atoms with E-state index in [1.54, 1.807) is 4.90 Å². The molecule has 1 aliphatic rings. The molecule has 2 N–H and O–H groups in total. The number of hydrogen-bond donors (Lipinski definition) is 2. The summed E-state index contributed by atoms with van der Waals surface area (Å²) in [6.07, 6.45) is 1.53. The van der Waals surface area contributed by atoms with E-state index in [-0.39, 0.29) is 29.8 Å². The minimum atomic E-state index is -1.14. The number of carbonyl (C=O) groups excluding carboxylic acids is 1. The molecule has 0 unspecified atom stereocenters. The maximum atomic E-state index is 12.2. The normalized spacial score (nSPS) is 16.4. The first-order valence-corrected chi connectivity index (χ1v) is 6.22. The van der Waals surface area contributed by atoms with Gasteiger partial charge in [0.25, 0.3) is 5.91 Å². The number of aliphatic hydroxyl groups is 1. The molecule has 19 heavy (non-hydrogen) atoms. The van der Waals surface area contributed by atoms with Crippen LogP contribution in [0.1, 0.15) is 33.8 Å². The lowest BCUT2D eigenvalue weighted by atomic mass is 9.98. The minimum absolute atomic E-state index is 0.129. The molecular formula is C13H16N2O4. The van der Waals surface area contributed by atoms with Gasteiger partial charge in [0.1, 0.15) is 11.4 Å². The number of carboxylic acids is 1. The summed E-state index contributed by atoms with van der Waals surface area (Å²) in [6, 6.07) is 4.40. The molecular weight excluding hydrogens is 248 g/mol. The van der Waals surface area contributed by atoms with Crippen molar-refractivity contribution in [3.05, 3.63) is 29.6 Å². The molecule has 0 bridgehead atoms. The Kier molecular flexibility index (Phi) is 4.11. The molecule has 0 spiro atoms. The van der Waals surface area contributed by atoms with E-state index < -0.39 is 5.97 Å². The Labute approximate surface area is 110 Å². The van der Waals surface area contributed by atoms with Crippen molar-refractivity contribution in [3.8, 4) is 0 Å². The van der Waals surface area contributed by atoms with Crippen LogP contribution in [0.15, 0.2) is 18.2 Å². The van der Waals surface area contributed by atoms with Crippen LogP contribution in [-0.2, 0) is 0 Å². The van der Waals surface area contributed by atoms with Crippen LogP contribution in [0.4, 0.5) is 0 Å². The third-order valence-corrected chi connectivity index (χ3v) is 3.35. The standard InChI is InChI=1S/C13H16N2O4/c16-8-9-4-6-15(7-5-9)12(17)10-2-1-3-11(14-10)13(18)19/h1-3,9,16H,4-8H2,(H,18,19). The number of rotatable bonds is 3. The molecule has 2 rings (SSSR count). The number of amides is 1. The highest BCUT2D eigenvalue weighted by molar-refractivity contribution is 5.94. The van der Waals surface area contributed by atoms with Crippen LogP contribution < -0.4 is 0 Å². The van der Waals surface area contributed by atoms with Crippen molar-refractivity contribution in [1.82, 2.24) is 9.88 Å². The number of carbonyl (C=O) groups is 2. The van der Waals surface area contributed by atoms with Crippen molar-refractivity contribution in [2.45, 2.75) is 12.8 Å². The van der Waals surface area contributed by atoms with Crippen molar-refractivity contribution in [1.29, 1.82) is 0 Å². The Morgan fingerprint density at radius 3 is 2.47 bits per heavy atom. The summed E-state index contributed by atoms with van der Waals surface area (Å²) in [5, 5.41) is 17.9. The summed E-state index contributed by atoms with van der Waals surface area (Å²) in [5.74, 6) is -1.14. The first kappa shape index (κ1) is 13.5. The molecule has 1 fully saturated rings. The Hall–Kier alpha value is -1.95. The molecule has 2 heterocycles. The van der Waals surface area contributed by atoms with Crippen LogP contribution in [0.2, 0.25) is 0 Å². The minimum Gasteiger partial charge on any atom is -0.477 e. The molecule has 0 saturated carbocycles. The number of carboxylic acid groups (broad SMARTS) is 1. The van der Waals surface area contributed by atoms with Crippen LogP contribution in [0, 0.1) is 5.92 Å². The third kappa shape index (κ3) is 3.08. The maximum Gasteiger partial charge on any atom is 0.354 e. The zero-order chi connectivity index (χ0) is 13.8. The highest BCUT2D eigenvalue weighted by atomic mass is 16.4. The van der Waals surface area contributed by atoms with Gasteiger partial charge >= 0.3 is 5.97 Å². The highest BCUT2D eigenvalue weighted by Gasteiger charge is 2.24. The molecule has 0 aliphatic carbocycles. The number of aromatic carboxylic acids is 1. The molecule has 0 atom stereocenters. The number of aliphatic hydroxyl groups excluding tert-OH is 1. The zero-order valence-corrected chi connectivity index (χ0v) is 10.5. The summed E-state index contributed by atoms with van der Waals surface area (Å²) in [6.45, 7) is 1.29. The summed E-state index contributed by atoms with van der Waals surface area (Å²) < 4.78 is 0. The van der Waals surface area contributed by atoms with E-state index >= 15 is 0 Å². The molecule has 1 aromatic rings. The van der Waals surface area contributed by atoms with Gasteiger partial charge in [0.05, 0.1) is 0 Å². The van der Waals surface area contributed by atoms with Gasteiger partial charge in [-0.05, 0) is 30.9 Å². The summed E-state index contributed by atoms with van der Waals surface area (Å²) in [5.41, 5.74) is 0.0263. The number of piperidine rings is 1. The second-order valence-electron chi connectivity index (χ2n) is 4.63. The van der Waals surface area contributed by atoms with E-state index in [9.17, 15) is 9.59 Å². The van der Waals surface area contributed by atoms with E-state index in [0.29, 0.717) is 13.1 Å². The molecule has 0 radical (unpaired) electrons. The lowest BCUT2D eigenvalue weighted by Crippen LogP contribution is -2.39. The predicted octanol–water partition coefficient (Wildman–Crippen LogP) is 0.624. The second kappa shape index (κ2) is 5.79. The van der Waals surface area contributed by atoms with Gasteiger partial charge in [0.2, 0.25) is 0 Å². The molecule has 6 nitrogen and oxygen atoms in total. The average molecular weight is 264 g/mol. The van der Waals surface area contributed by atoms with E-state index in [2.05, 4.69) is 4.98 Å². The highest BCUT2D eigenvalue weighted by Crippen LogP contribution is 2.18. The van der Waals surface area contributed by atoms with Gasteiger partial charge in [-0.3, -0.25) is 4.79 Å². The lowest BCUT2D eigenvalue weighted by Gasteiger charge is -2.30. The monoisotopic (exact) mass is 264 g/mol. The molecule has 1 aromatic heterocycles. The fraction of sp³-hybridized carbons (Fsp3) is 0.462. The van der Waals surface area contributed by atoms with Crippen molar-refractivity contribution in [3.63, 3.8) is 0 Å². The lowest BCUT2D eigenvalue weighted by molar-refractivity contribution is 0.0644. The van der Waals surface area contributed by atoms with E-state index in [0.717, 1.165) is 12.8 Å². The van der Waals surface area contributed by atoms with Crippen LogP contribution in [-0.4, -0.2) is 51.7 Å². The zero-order valence-electron chi connectivity index (χ0n) is 10.5. The number of pyridine rings is 1. The Bertz CT molecular complexity index is 481. The Morgan fingerprint density at radius 2 is 1.89 bits per heavy atom.